The molecule has 1 fully saturated rings. The molecule has 102 valence electrons. The first-order chi connectivity index (χ1) is 8.37. The minimum absolute atomic E-state index is 0.0913. The van der Waals surface area contributed by atoms with Crippen LogP contribution in [0.4, 0.5) is 0 Å². The molecule has 2 atom stereocenters. The fraction of sp³-hybridized carbons (Fsp3) is 0.750. The van der Waals surface area contributed by atoms with Gasteiger partial charge in [0, 0.05) is 6.54 Å². The number of aromatic nitrogens is 2. The molecule has 2 rings (SSSR count). The van der Waals surface area contributed by atoms with Crippen LogP contribution in [0.1, 0.15) is 45.5 Å². The predicted molar refractivity (Wildman–Crippen MR) is 71.8 cm³/mol. The van der Waals surface area contributed by atoms with Gasteiger partial charge in [-0.05, 0) is 49.5 Å². The Kier molecular flexibility index (Phi) is 4.11. The lowest BCUT2D eigenvalue weighted by molar-refractivity contribution is -0.243. The van der Waals surface area contributed by atoms with Crippen molar-refractivity contribution in [3.63, 3.8) is 0 Å². The molecular formula is C12H20BrN3O2. The topological polar surface area (TPSA) is 61.4 Å². The third kappa shape index (κ3) is 3.32. The van der Waals surface area contributed by atoms with Crippen molar-refractivity contribution in [3.8, 4) is 0 Å². The highest BCUT2D eigenvalue weighted by Gasteiger charge is 2.34. The maximum absolute atomic E-state index is 10.2. The number of hydrogen-bond acceptors (Lipinski definition) is 4. The van der Waals surface area contributed by atoms with Crippen LogP contribution < -0.4 is 0 Å². The number of likely N-dealkylation sites (tertiary alicyclic amines) is 1. The molecule has 1 aromatic heterocycles. The molecular weight excluding hydrogens is 298 g/mol. The van der Waals surface area contributed by atoms with Gasteiger partial charge >= 0.3 is 0 Å². The Morgan fingerprint density at radius 1 is 1.61 bits per heavy atom. The predicted octanol–water partition coefficient (Wildman–Crippen LogP) is 2.40. The van der Waals surface area contributed by atoms with Crippen molar-refractivity contribution < 1.29 is 9.84 Å². The Balaban J connectivity index is 2.08. The first-order valence-corrected chi connectivity index (χ1v) is 6.98. The standard InChI is InChI=1S/C12H20BrN3O2/c1-12(2,3)18-11(17)16-6-4-5-8(16)10-14-7-9(13)15-10/h7-8,11,17H,4-6H2,1-3H3,(H,14,15). The van der Waals surface area contributed by atoms with E-state index in [9.17, 15) is 5.11 Å². The number of nitrogens with one attached hydrogen (secondary N) is 1. The number of imidazole rings is 1. The van der Waals surface area contributed by atoms with Crippen molar-refractivity contribution in [1.82, 2.24) is 14.9 Å². The van der Waals surface area contributed by atoms with Gasteiger partial charge in [0.05, 0.1) is 17.8 Å². The molecule has 0 radical (unpaired) electrons. The average molecular weight is 318 g/mol. The Bertz CT molecular complexity index is 402. The molecule has 1 aliphatic heterocycles. The van der Waals surface area contributed by atoms with Crippen LogP contribution in [0.5, 0.6) is 0 Å². The number of aliphatic hydroxyl groups excluding tert-OH is 1. The van der Waals surface area contributed by atoms with Crippen molar-refractivity contribution in [3.05, 3.63) is 16.6 Å². The quantitative estimate of drug-likeness (QED) is 0.840. The molecule has 2 N–H and O–H groups in total. The van der Waals surface area contributed by atoms with Crippen LogP contribution in [0.25, 0.3) is 0 Å². The summed E-state index contributed by atoms with van der Waals surface area (Å²) < 4.78 is 6.47. The van der Waals surface area contributed by atoms with Crippen LogP contribution in [0.15, 0.2) is 10.8 Å². The Hall–Kier alpha value is -0.430. The van der Waals surface area contributed by atoms with Gasteiger partial charge in [0.2, 0.25) is 6.41 Å². The number of hydrogen-bond donors (Lipinski definition) is 2. The van der Waals surface area contributed by atoms with Gasteiger partial charge in [0.1, 0.15) is 10.4 Å². The molecule has 0 spiro atoms. The third-order valence-corrected chi connectivity index (χ3v) is 3.32. The zero-order valence-electron chi connectivity index (χ0n) is 11.0. The van der Waals surface area contributed by atoms with E-state index in [-0.39, 0.29) is 11.6 Å². The molecule has 0 aliphatic carbocycles. The largest absolute Gasteiger partial charge is 0.356 e. The molecule has 0 bridgehead atoms. The van der Waals surface area contributed by atoms with Gasteiger partial charge in [-0.3, -0.25) is 0 Å². The summed E-state index contributed by atoms with van der Waals surface area (Å²) in [5, 5.41) is 10.2. The van der Waals surface area contributed by atoms with Crippen LogP contribution >= 0.6 is 15.9 Å². The number of aliphatic hydroxyl groups is 1. The Labute approximate surface area is 116 Å². The first kappa shape index (κ1) is 14.0. The van der Waals surface area contributed by atoms with Crippen molar-refractivity contribution >= 4 is 15.9 Å². The first-order valence-electron chi connectivity index (χ1n) is 6.19. The van der Waals surface area contributed by atoms with E-state index < -0.39 is 6.41 Å². The zero-order valence-corrected chi connectivity index (χ0v) is 12.6. The summed E-state index contributed by atoms with van der Waals surface area (Å²) in [7, 11) is 0. The number of halogens is 1. The summed E-state index contributed by atoms with van der Waals surface area (Å²) >= 11 is 3.35. The van der Waals surface area contributed by atoms with Crippen molar-refractivity contribution in [2.75, 3.05) is 6.54 Å². The highest BCUT2D eigenvalue weighted by molar-refractivity contribution is 9.10. The van der Waals surface area contributed by atoms with E-state index in [1.54, 1.807) is 6.20 Å². The van der Waals surface area contributed by atoms with Crippen molar-refractivity contribution in [2.24, 2.45) is 0 Å². The maximum atomic E-state index is 10.2. The molecule has 1 saturated heterocycles. The van der Waals surface area contributed by atoms with Gasteiger partial charge in [-0.2, -0.15) is 0 Å². The second-order valence-corrected chi connectivity index (χ2v) is 6.42. The second-order valence-electron chi connectivity index (χ2n) is 5.57. The normalized spacial score (nSPS) is 23.5. The molecule has 0 amide bonds. The molecule has 1 aromatic rings. The van der Waals surface area contributed by atoms with Crippen molar-refractivity contribution in [2.45, 2.75) is 51.7 Å². The molecule has 0 aromatic carbocycles. The van der Waals surface area contributed by atoms with E-state index >= 15 is 0 Å². The summed E-state index contributed by atoms with van der Waals surface area (Å²) in [6.07, 6.45) is 2.86. The summed E-state index contributed by atoms with van der Waals surface area (Å²) in [6.45, 7) is 6.63. The molecule has 5 nitrogen and oxygen atoms in total. The number of H-pyrrole nitrogens is 1. The third-order valence-electron chi connectivity index (χ3n) is 2.92. The van der Waals surface area contributed by atoms with Crippen LogP contribution in [0.3, 0.4) is 0 Å². The number of ether oxygens (including phenoxy) is 1. The van der Waals surface area contributed by atoms with E-state index in [0.717, 1.165) is 29.8 Å². The van der Waals surface area contributed by atoms with Gasteiger partial charge in [0.15, 0.2) is 0 Å². The average Bonchev–Trinajstić information content (AvgIpc) is 2.81. The Morgan fingerprint density at radius 2 is 2.33 bits per heavy atom. The lowest BCUT2D eigenvalue weighted by atomic mass is 10.2. The minimum Gasteiger partial charge on any atom is -0.356 e. The Morgan fingerprint density at radius 3 is 2.89 bits per heavy atom. The monoisotopic (exact) mass is 317 g/mol. The summed E-state index contributed by atoms with van der Waals surface area (Å²) in [5.74, 6) is 0.871. The lowest BCUT2D eigenvalue weighted by Crippen LogP contribution is -2.41. The van der Waals surface area contributed by atoms with E-state index in [4.69, 9.17) is 4.74 Å². The van der Waals surface area contributed by atoms with E-state index in [0.29, 0.717) is 0 Å². The molecule has 0 saturated carbocycles. The van der Waals surface area contributed by atoms with E-state index in [1.807, 2.05) is 25.7 Å². The summed E-state index contributed by atoms with van der Waals surface area (Å²) in [4.78, 5) is 9.42. The van der Waals surface area contributed by atoms with Crippen molar-refractivity contribution in [1.29, 1.82) is 0 Å². The highest BCUT2D eigenvalue weighted by Crippen LogP contribution is 2.33. The van der Waals surface area contributed by atoms with Crippen LogP contribution in [0.2, 0.25) is 0 Å². The maximum Gasteiger partial charge on any atom is 0.217 e. The molecule has 2 heterocycles. The summed E-state index contributed by atoms with van der Waals surface area (Å²) in [6, 6.07) is 0.0913. The summed E-state index contributed by atoms with van der Waals surface area (Å²) in [5.41, 5.74) is -0.365. The fourth-order valence-electron chi connectivity index (χ4n) is 2.21. The highest BCUT2D eigenvalue weighted by atomic mass is 79.9. The lowest BCUT2D eigenvalue weighted by Gasteiger charge is -2.32. The van der Waals surface area contributed by atoms with Gasteiger partial charge in [-0.1, -0.05) is 0 Å². The smallest absolute Gasteiger partial charge is 0.217 e. The molecule has 6 heteroatoms. The zero-order chi connectivity index (χ0) is 13.3. The molecule has 2 unspecified atom stereocenters. The number of rotatable bonds is 3. The number of nitrogens with zero attached hydrogens (tertiary/aromatic N) is 2. The number of aromatic amines is 1. The van der Waals surface area contributed by atoms with Gasteiger partial charge in [-0.15, -0.1) is 0 Å². The SMILES string of the molecule is CC(C)(C)OC(O)N1CCCC1c1ncc(Br)[nH]1. The minimum atomic E-state index is -0.888. The fourth-order valence-corrected chi connectivity index (χ4v) is 2.52. The van der Waals surface area contributed by atoms with Crippen LogP contribution in [-0.4, -0.2) is 38.5 Å². The van der Waals surface area contributed by atoms with Gasteiger partial charge < -0.3 is 14.8 Å². The van der Waals surface area contributed by atoms with Crippen LogP contribution in [0, 0.1) is 0 Å². The van der Waals surface area contributed by atoms with E-state index in [2.05, 4.69) is 25.9 Å². The molecule has 1 aliphatic rings. The van der Waals surface area contributed by atoms with Crippen LogP contribution in [-0.2, 0) is 4.74 Å². The molecule has 18 heavy (non-hydrogen) atoms. The van der Waals surface area contributed by atoms with E-state index in [1.165, 1.54) is 0 Å². The van der Waals surface area contributed by atoms with Gasteiger partial charge in [-0.25, -0.2) is 9.88 Å². The van der Waals surface area contributed by atoms with Gasteiger partial charge in [0.25, 0.3) is 0 Å². The second kappa shape index (κ2) is 5.28.